The molecular weight excluding hydrogens is 238 g/mol. The SMILES string of the molecule is COc1ccc(Oc2ccc(C(N)=O)cc2)s1. The fourth-order valence-electron chi connectivity index (χ4n) is 1.27. The molecule has 17 heavy (non-hydrogen) atoms. The average molecular weight is 249 g/mol. The summed E-state index contributed by atoms with van der Waals surface area (Å²) in [4.78, 5) is 10.9. The summed E-state index contributed by atoms with van der Waals surface area (Å²) in [7, 11) is 1.61. The second kappa shape index (κ2) is 4.88. The standard InChI is InChI=1S/C12H11NO3S/c1-15-10-6-7-11(17-10)16-9-4-2-8(3-5-9)12(13)14/h2-7H,1H3,(H2,13,14). The van der Waals surface area contributed by atoms with Gasteiger partial charge in [-0.2, -0.15) is 0 Å². The summed E-state index contributed by atoms with van der Waals surface area (Å²) in [5.74, 6) is 0.203. The molecule has 2 N–H and O–H groups in total. The maximum absolute atomic E-state index is 10.9. The maximum Gasteiger partial charge on any atom is 0.248 e. The molecule has 0 aliphatic carbocycles. The Morgan fingerprint density at radius 1 is 1.12 bits per heavy atom. The minimum absolute atomic E-state index is 0.450. The van der Waals surface area contributed by atoms with E-state index in [1.54, 1.807) is 31.4 Å². The number of rotatable bonds is 4. The van der Waals surface area contributed by atoms with Crippen LogP contribution in [0.4, 0.5) is 0 Å². The number of benzene rings is 1. The Labute approximate surface area is 103 Å². The van der Waals surface area contributed by atoms with Crippen LogP contribution in [0, 0.1) is 0 Å². The third-order valence-electron chi connectivity index (χ3n) is 2.12. The largest absolute Gasteiger partial charge is 0.487 e. The number of hydrogen-bond acceptors (Lipinski definition) is 4. The van der Waals surface area contributed by atoms with Crippen molar-refractivity contribution in [3.63, 3.8) is 0 Å². The van der Waals surface area contributed by atoms with E-state index in [1.165, 1.54) is 11.3 Å². The van der Waals surface area contributed by atoms with Crippen molar-refractivity contribution in [2.45, 2.75) is 0 Å². The van der Waals surface area contributed by atoms with Crippen molar-refractivity contribution >= 4 is 17.2 Å². The van der Waals surface area contributed by atoms with Gasteiger partial charge in [-0.15, -0.1) is 0 Å². The molecule has 1 amide bonds. The molecule has 1 heterocycles. The first-order chi connectivity index (χ1) is 8.19. The first kappa shape index (κ1) is 11.5. The summed E-state index contributed by atoms with van der Waals surface area (Å²) < 4.78 is 10.6. The smallest absolute Gasteiger partial charge is 0.248 e. The van der Waals surface area contributed by atoms with Crippen LogP contribution >= 0.6 is 11.3 Å². The number of carbonyl (C=O) groups excluding carboxylic acids is 1. The van der Waals surface area contributed by atoms with E-state index >= 15 is 0 Å². The number of amides is 1. The van der Waals surface area contributed by atoms with Crippen molar-refractivity contribution < 1.29 is 14.3 Å². The van der Waals surface area contributed by atoms with Crippen LogP contribution in [0.5, 0.6) is 15.9 Å². The molecular formula is C12H11NO3S. The number of thiophene rings is 1. The van der Waals surface area contributed by atoms with Crippen LogP contribution in [0.15, 0.2) is 36.4 Å². The number of carbonyl (C=O) groups is 1. The minimum atomic E-state index is -0.450. The van der Waals surface area contributed by atoms with Crippen molar-refractivity contribution in [3.05, 3.63) is 42.0 Å². The monoisotopic (exact) mass is 249 g/mol. The summed E-state index contributed by atoms with van der Waals surface area (Å²) in [5, 5.41) is 1.52. The third kappa shape index (κ3) is 2.76. The van der Waals surface area contributed by atoms with Crippen LogP contribution in [-0.4, -0.2) is 13.0 Å². The average Bonchev–Trinajstić information content (AvgIpc) is 2.77. The molecule has 2 aromatic rings. The molecule has 1 aromatic heterocycles. The molecule has 0 unspecified atom stereocenters. The van der Waals surface area contributed by atoms with Gasteiger partial charge in [-0.25, -0.2) is 0 Å². The lowest BCUT2D eigenvalue weighted by atomic mass is 10.2. The highest BCUT2D eigenvalue weighted by atomic mass is 32.1. The lowest BCUT2D eigenvalue weighted by Crippen LogP contribution is -2.10. The highest BCUT2D eigenvalue weighted by molar-refractivity contribution is 7.15. The fourth-order valence-corrected chi connectivity index (χ4v) is 1.96. The molecule has 0 saturated carbocycles. The van der Waals surface area contributed by atoms with Gasteiger partial charge in [-0.05, 0) is 36.4 Å². The number of methoxy groups -OCH3 is 1. The zero-order valence-corrected chi connectivity index (χ0v) is 9.99. The van der Waals surface area contributed by atoms with Crippen molar-refractivity contribution in [1.82, 2.24) is 0 Å². The Morgan fingerprint density at radius 3 is 2.29 bits per heavy atom. The van der Waals surface area contributed by atoms with Crippen LogP contribution in [-0.2, 0) is 0 Å². The second-order valence-electron chi connectivity index (χ2n) is 3.27. The van der Waals surface area contributed by atoms with Gasteiger partial charge in [0.15, 0.2) is 10.1 Å². The quantitative estimate of drug-likeness (QED) is 0.906. The van der Waals surface area contributed by atoms with Crippen LogP contribution in [0.1, 0.15) is 10.4 Å². The van der Waals surface area contributed by atoms with Gasteiger partial charge in [0.05, 0.1) is 7.11 Å². The van der Waals surface area contributed by atoms with Crippen LogP contribution < -0.4 is 15.2 Å². The summed E-state index contributed by atoms with van der Waals surface area (Å²) in [6.07, 6.45) is 0. The summed E-state index contributed by atoms with van der Waals surface area (Å²) >= 11 is 1.40. The predicted molar refractivity (Wildman–Crippen MR) is 65.9 cm³/mol. The first-order valence-corrected chi connectivity index (χ1v) is 5.72. The van der Waals surface area contributed by atoms with Gasteiger partial charge in [-0.3, -0.25) is 4.79 Å². The molecule has 5 heteroatoms. The molecule has 0 spiro atoms. The van der Waals surface area contributed by atoms with E-state index in [4.69, 9.17) is 15.2 Å². The van der Waals surface area contributed by atoms with Gasteiger partial charge >= 0.3 is 0 Å². The fraction of sp³-hybridized carbons (Fsp3) is 0.0833. The Morgan fingerprint density at radius 2 is 1.76 bits per heavy atom. The van der Waals surface area contributed by atoms with Gasteiger partial charge in [0.25, 0.3) is 0 Å². The Hall–Kier alpha value is -2.01. The second-order valence-corrected chi connectivity index (χ2v) is 4.28. The molecule has 0 aliphatic heterocycles. The maximum atomic E-state index is 10.9. The van der Waals surface area contributed by atoms with Gasteiger partial charge < -0.3 is 15.2 Å². The van der Waals surface area contributed by atoms with E-state index in [0.717, 1.165) is 10.1 Å². The van der Waals surface area contributed by atoms with Gasteiger partial charge in [0.2, 0.25) is 5.91 Å². The van der Waals surface area contributed by atoms with E-state index in [2.05, 4.69) is 0 Å². The van der Waals surface area contributed by atoms with E-state index in [-0.39, 0.29) is 0 Å². The first-order valence-electron chi connectivity index (χ1n) is 4.90. The van der Waals surface area contributed by atoms with Gasteiger partial charge in [0.1, 0.15) is 5.75 Å². The summed E-state index contributed by atoms with van der Waals surface area (Å²) in [6, 6.07) is 10.3. The number of hydrogen-bond donors (Lipinski definition) is 1. The normalized spacial score (nSPS) is 9.94. The highest BCUT2D eigenvalue weighted by Crippen LogP contribution is 2.33. The van der Waals surface area contributed by atoms with Crippen molar-refractivity contribution in [1.29, 1.82) is 0 Å². The van der Waals surface area contributed by atoms with E-state index in [0.29, 0.717) is 11.3 Å². The van der Waals surface area contributed by atoms with Crippen molar-refractivity contribution in [2.24, 2.45) is 5.73 Å². The Bertz CT molecular complexity index is 519. The lowest BCUT2D eigenvalue weighted by molar-refractivity contribution is 0.100. The van der Waals surface area contributed by atoms with Crippen LogP contribution in [0.3, 0.4) is 0 Å². The lowest BCUT2D eigenvalue weighted by Gasteiger charge is -2.02. The molecule has 0 saturated heterocycles. The van der Waals surface area contributed by atoms with Crippen molar-refractivity contribution in [2.75, 3.05) is 7.11 Å². The minimum Gasteiger partial charge on any atom is -0.487 e. The molecule has 0 atom stereocenters. The molecule has 0 aliphatic rings. The number of ether oxygens (including phenoxy) is 2. The molecule has 0 bridgehead atoms. The van der Waals surface area contributed by atoms with Gasteiger partial charge in [0, 0.05) is 5.56 Å². The molecule has 88 valence electrons. The van der Waals surface area contributed by atoms with Gasteiger partial charge in [-0.1, -0.05) is 11.3 Å². The van der Waals surface area contributed by atoms with E-state index in [1.807, 2.05) is 12.1 Å². The Balaban J connectivity index is 2.10. The highest BCUT2D eigenvalue weighted by Gasteiger charge is 2.04. The third-order valence-corrected chi connectivity index (χ3v) is 3.04. The van der Waals surface area contributed by atoms with Crippen LogP contribution in [0.25, 0.3) is 0 Å². The van der Waals surface area contributed by atoms with Crippen LogP contribution in [0.2, 0.25) is 0 Å². The predicted octanol–water partition coefficient (Wildman–Crippen LogP) is 2.65. The molecule has 1 aromatic carbocycles. The number of primary amides is 1. The topological polar surface area (TPSA) is 61.6 Å². The Kier molecular flexibility index (Phi) is 3.30. The zero-order chi connectivity index (χ0) is 12.3. The molecule has 2 rings (SSSR count). The summed E-state index contributed by atoms with van der Waals surface area (Å²) in [6.45, 7) is 0. The number of nitrogens with two attached hydrogens (primary N) is 1. The molecule has 0 radical (unpaired) electrons. The van der Waals surface area contributed by atoms with E-state index in [9.17, 15) is 4.79 Å². The van der Waals surface area contributed by atoms with Crippen molar-refractivity contribution in [3.8, 4) is 15.9 Å². The molecule has 4 nitrogen and oxygen atoms in total. The summed E-state index contributed by atoms with van der Waals surface area (Å²) in [5.41, 5.74) is 5.60. The van der Waals surface area contributed by atoms with E-state index < -0.39 is 5.91 Å². The zero-order valence-electron chi connectivity index (χ0n) is 9.17. The molecule has 0 fully saturated rings.